The van der Waals surface area contributed by atoms with Gasteiger partial charge < -0.3 is 9.52 Å². The summed E-state index contributed by atoms with van der Waals surface area (Å²) in [5.41, 5.74) is 0. The van der Waals surface area contributed by atoms with Crippen LogP contribution in [0.3, 0.4) is 0 Å². The Kier molecular flexibility index (Phi) is 5.26. The second-order valence-corrected chi connectivity index (χ2v) is 6.32. The summed E-state index contributed by atoms with van der Waals surface area (Å²) in [6.07, 6.45) is 1.78. The first kappa shape index (κ1) is 14.4. The molecule has 7 heteroatoms. The lowest BCUT2D eigenvalue weighted by Gasteiger charge is -2.16. The van der Waals surface area contributed by atoms with E-state index < -0.39 is 0 Å². The molecule has 0 saturated carbocycles. The molecule has 0 radical (unpaired) electrons. The van der Waals surface area contributed by atoms with E-state index in [9.17, 15) is 0 Å². The lowest BCUT2D eigenvalue weighted by molar-refractivity contribution is 0.192. The van der Waals surface area contributed by atoms with Gasteiger partial charge in [0, 0.05) is 13.1 Å². The SMILES string of the molecule is C=CCN(CCO)Cc1nnc(-c2ccc(Br)s2)o1. The number of hydrogen-bond acceptors (Lipinski definition) is 6. The zero-order valence-corrected chi connectivity index (χ0v) is 12.7. The lowest BCUT2D eigenvalue weighted by atomic mass is 10.4. The van der Waals surface area contributed by atoms with Crippen molar-refractivity contribution < 1.29 is 9.52 Å². The zero-order chi connectivity index (χ0) is 13.7. The second-order valence-electron chi connectivity index (χ2n) is 3.85. The van der Waals surface area contributed by atoms with Crippen LogP contribution >= 0.6 is 27.3 Å². The number of nitrogens with zero attached hydrogens (tertiary/aromatic N) is 3. The Morgan fingerprint density at radius 1 is 1.47 bits per heavy atom. The highest BCUT2D eigenvalue weighted by molar-refractivity contribution is 9.11. The smallest absolute Gasteiger partial charge is 0.257 e. The number of halogens is 1. The van der Waals surface area contributed by atoms with Gasteiger partial charge in [-0.3, -0.25) is 4.90 Å². The van der Waals surface area contributed by atoms with Gasteiger partial charge in [0.1, 0.15) is 0 Å². The van der Waals surface area contributed by atoms with E-state index in [2.05, 4.69) is 32.7 Å². The van der Waals surface area contributed by atoms with Crippen molar-refractivity contribution in [1.82, 2.24) is 15.1 Å². The van der Waals surface area contributed by atoms with E-state index in [0.29, 0.717) is 31.4 Å². The number of hydrogen-bond donors (Lipinski definition) is 1. The highest BCUT2D eigenvalue weighted by atomic mass is 79.9. The van der Waals surface area contributed by atoms with Gasteiger partial charge in [-0.2, -0.15) is 0 Å². The predicted octanol–water partition coefficient (Wildman–Crippen LogP) is 2.54. The molecule has 0 spiro atoms. The number of aromatic nitrogens is 2. The first-order valence-electron chi connectivity index (χ1n) is 5.75. The molecule has 2 heterocycles. The third kappa shape index (κ3) is 3.97. The quantitative estimate of drug-likeness (QED) is 0.782. The van der Waals surface area contributed by atoms with Gasteiger partial charge in [0.2, 0.25) is 5.89 Å². The molecule has 0 amide bonds. The number of rotatable bonds is 7. The summed E-state index contributed by atoms with van der Waals surface area (Å²) >= 11 is 4.94. The second kappa shape index (κ2) is 6.95. The Morgan fingerprint density at radius 3 is 2.95 bits per heavy atom. The third-order valence-electron chi connectivity index (χ3n) is 2.41. The van der Waals surface area contributed by atoms with Crippen molar-refractivity contribution in [3.05, 3.63) is 34.5 Å². The fraction of sp³-hybridized carbons (Fsp3) is 0.333. The van der Waals surface area contributed by atoms with Gasteiger partial charge in [-0.15, -0.1) is 28.1 Å². The summed E-state index contributed by atoms with van der Waals surface area (Å²) < 4.78 is 6.64. The van der Waals surface area contributed by atoms with Crippen molar-refractivity contribution in [3.63, 3.8) is 0 Å². The van der Waals surface area contributed by atoms with E-state index in [0.717, 1.165) is 8.66 Å². The first-order chi connectivity index (χ1) is 9.22. The molecule has 2 aromatic rings. The van der Waals surface area contributed by atoms with Crippen molar-refractivity contribution in [2.75, 3.05) is 19.7 Å². The minimum atomic E-state index is 0.0900. The van der Waals surface area contributed by atoms with E-state index in [-0.39, 0.29) is 6.61 Å². The van der Waals surface area contributed by atoms with Crippen LogP contribution in [0.5, 0.6) is 0 Å². The third-order valence-corrected chi connectivity index (χ3v) is 4.02. The molecule has 0 aromatic carbocycles. The van der Waals surface area contributed by atoms with Crippen LogP contribution in [0.25, 0.3) is 10.8 Å². The highest BCUT2D eigenvalue weighted by Crippen LogP contribution is 2.30. The maximum atomic E-state index is 8.98. The van der Waals surface area contributed by atoms with Crippen LogP contribution in [0, 0.1) is 0 Å². The van der Waals surface area contributed by atoms with Gasteiger partial charge in [0.25, 0.3) is 5.89 Å². The molecule has 0 aliphatic carbocycles. The van der Waals surface area contributed by atoms with E-state index in [1.54, 1.807) is 17.4 Å². The fourth-order valence-corrected chi connectivity index (χ4v) is 2.90. The van der Waals surface area contributed by atoms with E-state index in [4.69, 9.17) is 9.52 Å². The topological polar surface area (TPSA) is 62.4 Å². The summed E-state index contributed by atoms with van der Waals surface area (Å²) in [7, 11) is 0. The van der Waals surface area contributed by atoms with Crippen molar-refractivity contribution in [2.45, 2.75) is 6.54 Å². The molecule has 0 saturated heterocycles. The molecule has 0 aliphatic rings. The maximum Gasteiger partial charge on any atom is 0.257 e. The molecule has 0 unspecified atom stereocenters. The average Bonchev–Trinajstić information content (AvgIpc) is 2.99. The predicted molar refractivity (Wildman–Crippen MR) is 77.9 cm³/mol. The first-order valence-corrected chi connectivity index (χ1v) is 7.36. The van der Waals surface area contributed by atoms with E-state index in [1.165, 1.54) is 0 Å². The average molecular weight is 344 g/mol. The van der Waals surface area contributed by atoms with Crippen LogP contribution in [0.4, 0.5) is 0 Å². The maximum absolute atomic E-state index is 8.98. The van der Waals surface area contributed by atoms with Gasteiger partial charge >= 0.3 is 0 Å². The minimum Gasteiger partial charge on any atom is -0.419 e. The zero-order valence-electron chi connectivity index (χ0n) is 10.3. The van der Waals surface area contributed by atoms with E-state index in [1.807, 2.05) is 17.0 Å². The Hall–Kier alpha value is -1.02. The van der Waals surface area contributed by atoms with Gasteiger partial charge in [-0.25, -0.2) is 0 Å². The summed E-state index contributed by atoms with van der Waals surface area (Å²) in [5, 5.41) is 17.0. The van der Waals surface area contributed by atoms with Gasteiger partial charge in [-0.1, -0.05) is 6.08 Å². The number of aliphatic hydroxyl groups is 1. The lowest BCUT2D eigenvalue weighted by Crippen LogP contribution is -2.26. The van der Waals surface area contributed by atoms with Crippen molar-refractivity contribution in [3.8, 4) is 10.8 Å². The summed E-state index contributed by atoms with van der Waals surface area (Å²) in [4.78, 5) is 2.91. The Balaban J connectivity index is 2.05. The molecule has 0 aliphatic heterocycles. The normalized spacial score (nSPS) is 11.1. The standard InChI is InChI=1S/C12H14BrN3O2S/c1-2-5-16(6-7-17)8-11-14-15-12(18-11)9-3-4-10(13)19-9/h2-4,17H,1,5-8H2. The Morgan fingerprint density at radius 2 is 2.32 bits per heavy atom. The fourth-order valence-electron chi connectivity index (χ4n) is 1.60. The monoisotopic (exact) mass is 343 g/mol. The summed E-state index contributed by atoms with van der Waals surface area (Å²) in [6, 6.07) is 3.88. The molecule has 0 atom stereocenters. The molecule has 1 N–H and O–H groups in total. The molecule has 5 nitrogen and oxygen atoms in total. The van der Waals surface area contributed by atoms with Crippen LogP contribution in [0.1, 0.15) is 5.89 Å². The molecular formula is C12H14BrN3O2S. The van der Waals surface area contributed by atoms with Gasteiger partial charge in [0.15, 0.2) is 0 Å². The number of aliphatic hydroxyl groups excluding tert-OH is 1. The van der Waals surface area contributed by atoms with Crippen LogP contribution in [-0.4, -0.2) is 39.9 Å². The van der Waals surface area contributed by atoms with E-state index >= 15 is 0 Å². The minimum absolute atomic E-state index is 0.0900. The molecule has 2 aromatic heterocycles. The van der Waals surface area contributed by atoms with Crippen molar-refractivity contribution in [1.29, 1.82) is 0 Å². The largest absolute Gasteiger partial charge is 0.419 e. The van der Waals surface area contributed by atoms with Crippen molar-refractivity contribution in [2.24, 2.45) is 0 Å². The van der Waals surface area contributed by atoms with Crippen LogP contribution in [0.2, 0.25) is 0 Å². The summed E-state index contributed by atoms with van der Waals surface area (Å²) in [5.74, 6) is 1.06. The number of thiophene rings is 1. The molecule has 2 rings (SSSR count). The molecule has 0 bridgehead atoms. The molecule has 102 valence electrons. The Labute approximate surface area is 123 Å². The highest BCUT2D eigenvalue weighted by Gasteiger charge is 2.13. The van der Waals surface area contributed by atoms with Gasteiger partial charge in [-0.05, 0) is 28.1 Å². The van der Waals surface area contributed by atoms with Gasteiger partial charge in [0.05, 0.1) is 21.8 Å². The van der Waals surface area contributed by atoms with Crippen LogP contribution < -0.4 is 0 Å². The van der Waals surface area contributed by atoms with Crippen LogP contribution in [-0.2, 0) is 6.54 Å². The molecule has 0 fully saturated rings. The molecule has 19 heavy (non-hydrogen) atoms. The van der Waals surface area contributed by atoms with Crippen molar-refractivity contribution >= 4 is 27.3 Å². The van der Waals surface area contributed by atoms with Crippen LogP contribution in [0.15, 0.2) is 33.0 Å². The molecular weight excluding hydrogens is 330 g/mol. The summed E-state index contributed by atoms with van der Waals surface area (Å²) in [6.45, 7) is 5.50. The Bertz CT molecular complexity index is 541.